The molecule has 4 fully saturated rings. The van der Waals surface area contributed by atoms with Crippen LogP contribution in [0, 0.1) is 64.6 Å². The van der Waals surface area contributed by atoms with Crippen molar-refractivity contribution in [3.8, 4) is 0 Å². The zero-order valence-corrected chi connectivity index (χ0v) is 14.4. The molecule has 0 aromatic carbocycles. The Morgan fingerprint density at radius 1 is 0.700 bits per heavy atom. The van der Waals surface area contributed by atoms with Crippen molar-refractivity contribution in [3.05, 3.63) is 0 Å². The summed E-state index contributed by atoms with van der Waals surface area (Å²) in [5.74, 6) is 10.8. The van der Waals surface area contributed by atoms with E-state index in [4.69, 9.17) is 0 Å². The quantitative estimate of drug-likeness (QED) is 0.555. The summed E-state index contributed by atoms with van der Waals surface area (Å²) in [5.41, 5.74) is 0.523. The first-order chi connectivity index (χ1) is 9.29. The molecule has 4 saturated carbocycles. The zero-order chi connectivity index (χ0) is 14.4. The average molecular weight is 274 g/mol. The molecule has 0 radical (unpaired) electrons. The van der Waals surface area contributed by atoms with E-state index in [-0.39, 0.29) is 0 Å². The Bertz CT molecular complexity index is 403. The van der Waals surface area contributed by atoms with Gasteiger partial charge in [0.2, 0.25) is 0 Å². The molecule has 10 unspecified atom stereocenters. The highest BCUT2D eigenvalue weighted by molar-refractivity contribution is 5.15. The summed E-state index contributed by atoms with van der Waals surface area (Å²) in [6.07, 6.45) is 4.67. The molecule has 4 aliphatic rings. The minimum Gasteiger partial charge on any atom is -0.0620 e. The number of rotatable bonds is 1. The molecular weight excluding hydrogens is 240 g/mol. The van der Waals surface area contributed by atoms with Gasteiger partial charge in [-0.2, -0.15) is 0 Å². The van der Waals surface area contributed by atoms with Gasteiger partial charge in [-0.3, -0.25) is 0 Å². The lowest BCUT2D eigenvalue weighted by Crippen LogP contribution is -2.42. The molecule has 0 amide bonds. The van der Waals surface area contributed by atoms with Crippen LogP contribution in [-0.2, 0) is 0 Å². The SMILES string of the molecule is CC1C(C)C2CC1C1C3CC(C(CC(C)(C)C)C3C)C21. The van der Waals surface area contributed by atoms with Gasteiger partial charge in [-0.15, -0.1) is 0 Å². The summed E-state index contributed by atoms with van der Waals surface area (Å²) in [6, 6.07) is 0. The Kier molecular flexibility index (Phi) is 2.76. The van der Waals surface area contributed by atoms with Crippen LogP contribution in [0.1, 0.15) is 60.8 Å². The van der Waals surface area contributed by atoms with Crippen LogP contribution in [-0.4, -0.2) is 0 Å². The van der Waals surface area contributed by atoms with Crippen molar-refractivity contribution in [2.45, 2.75) is 60.8 Å². The van der Waals surface area contributed by atoms with Crippen LogP contribution in [0.3, 0.4) is 0 Å². The van der Waals surface area contributed by atoms with Gasteiger partial charge in [0.05, 0.1) is 0 Å². The monoisotopic (exact) mass is 274 g/mol. The van der Waals surface area contributed by atoms with Crippen LogP contribution >= 0.6 is 0 Å². The van der Waals surface area contributed by atoms with Gasteiger partial charge in [-0.05, 0) is 83.9 Å². The molecule has 0 aliphatic heterocycles. The summed E-state index contributed by atoms with van der Waals surface area (Å²) in [4.78, 5) is 0. The fourth-order valence-electron chi connectivity index (χ4n) is 7.72. The number of fused-ring (bicyclic) bond motifs is 9. The Labute approximate surface area is 126 Å². The molecule has 0 aromatic rings. The molecule has 10 atom stereocenters. The first-order valence-electron chi connectivity index (χ1n) is 9.29. The van der Waals surface area contributed by atoms with Crippen LogP contribution in [0.5, 0.6) is 0 Å². The molecule has 0 nitrogen and oxygen atoms in total. The predicted octanol–water partition coefficient (Wildman–Crippen LogP) is 5.48. The molecule has 4 rings (SSSR count). The molecule has 4 aliphatic carbocycles. The van der Waals surface area contributed by atoms with Crippen LogP contribution < -0.4 is 0 Å². The van der Waals surface area contributed by atoms with E-state index in [2.05, 4.69) is 41.5 Å². The highest BCUT2D eigenvalue weighted by Gasteiger charge is 2.67. The molecule has 0 spiro atoms. The fraction of sp³-hybridized carbons (Fsp3) is 1.00. The smallest absolute Gasteiger partial charge is 0.0318 e. The Balaban J connectivity index is 1.61. The van der Waals surface area contributed by atoms with Crippen molar-refractivity contribution >= 4 is 0 Å². The first-order valence-corrected chi connectivity index (χ1v) is 9.29. The Morgan fingerprint density at radius 2 is 1.15 bits per heavy atom. The van der Waals surface area contributed by atoms with Crippen molar-refractivity contribution in [1.29, 1.82) is 0 Å². The van der Waals surface area contributed by atoms with Crippen LogP contribution in [0.4, 0.5) is 0 Å². The second kappa shape index (κ2) is 4.05. The van der Waals surface area contributed by atoms with Crippen molar-refractivity contribution in [1.82, 2.24) is 0 Å². The summed E-state index contributed by atoms with van der Waals surface area (Å²) >= 11 is 0. The molecule has 20 heavy (non-hydrogen) atoms. The highest BCUT2D eigenvalue weighted by Crippen LogP contribution is 2.73. The second-order valence-corrected chi connectivity index (χ2v) is 10.3. The Hall–Kier alpha value is 0. The fourth-order valence-corrected chi connectivity index (χ4v) is 7.72. The van der Waals surface area contributed by atoms with Crippen LogP contribution in [0.15, 0.2) is 0 Å². The minimum atomic E-state index is 0.523. The summed E-state index contributed by atoms with van der Waals surface area (Å²) in [6.45, 7) is 15.1. The topological polar surface area (TPSA) is 0 Å². The number of hydrogen-bond acceptors (Lipinski definition) is 0. The summed E-state index contributed by atoms with van der Waals surface area (Å²) in [7, 11) is 0. The van der Waals surface area contributed by atoms with Crippen molar-refractivity contribution in [2.75, 3.05) is 0 Å². The van der Waals surface area contributed by atoms with Crippen molar-refractivity contribution in [2.24, 2.45) is 64.6 Å². The van der Waals surface area contributed by atoms with Crippen LogP contribution in [0.2, 0.25) is 0 Å². The van der Waals surface area contributed by atoms with Gasteiger partial charge in [0.15, 0.2) is 0 Å². The van der Waals surface area contributed by atoms with Gasteiger partial charge < -0.3 is 0 Å². The van der Waals surface area contributed by atoms with E-state index < -0.39 is 0 Å². The standard InChI is InChI=1S/C20H34/c1-10-11(2)14-7-13(10)18-15-8-16(19(14)18)17(12(15)3)9-20(4,5)6/h10-19H,7-9H2,1-6H3. The van der Waals surface area contributed by atoms with Gasteiger partial charge in [0.1, 0.15) is 0 Å². The molecule has 0 N–H and O–H groups in total. The summed E-state index contributed by atoms with van der Waals surface area (Å²) in [5, 5.41) is 0. The van der Waals surface area contributed by atoms with Gasteiger partial charge in [0, 0.05) is 0 Å². The van der Waals surface area contributed by atoms with E-state index in [0.717, 1.165) is 59.2 Å². The highest BCUT2D eigenvalue weighted by atomic mass is 14.7. The van der Waals surface area contributed by atoms with E-state index in [9.17, 15) is 0 Å². The molecule has 0 heterocycles. The normalized spacial score (nSPS) is 60.3. The lowest BCUT2D eigenvalue weighted by atomic mass is 9.58. The Morgan fingerprint density at radius 3 is 1.70 bits per heavy atom. The van der Waals surface area contributed by atoms with Crippen molar-refractivity contribution < 1.29 is 0 Å². The summed E-state index contributed by atoms with van der Waals surface area (Å²) < 4.78 is 0. The lowest BCUT2D eigenvalue weighted by Gasteiger charge is -2.47. The lowest BCUT2D eigenvalue weighted by molar-refractivity contribution is 0.00619. The molecule has 0 aromatic heterocycles. The molecular formula is C20H34. The van der Waals surface area contributed by atoms with E-state index >= 15 is 0 Å². The van der Waals surface area contributed by atoms with E-state index in [1.165, 1.54) is 6.42 Å². The second-order valence-electron chi connectivity index (χ2n) is 10.3. The van der Waals surface area contributed by atoms with E-state index in [1.807, 2.05) is 0 Å². The van der Waals surface area contributed by atoms with Gasteiger partial charge in [-0.25, -0.2) is 0 Å². The third-order valence-electron chi connectivity index (χ3n) is 8.44. The van der Waals surface area contributed by atoms with Gasteiger partial charge >= 0.3 is 0 Å². The average Bonchev–Trinajstić information content (AvgIpc) is 3.01. The first kappa shape index (κ1) is 13.6. The van der Waals surface area contributed by atoms with E-state index in [1.54, 1.807) is 12.8 Å². The maximum Gasteiger partial charge on any atom is -0.0318 e. The molecule has 0 saturated heterocycles. The zero-order valence-electron chi connectivity index (χ0n) is 14.4. The van der Waals surface area contributed by atoms with Gasteiger partial charge in [-0.1, -0.05) is 41.5 Å². The maximum absolute atomic E-state index is 2.61. The maximum atomic E-state index is 2.61. The van der Waals surface area contributed by atoms with Crippen LogP contribution in [0.25, 0.3) is 0 Å². The van der Waals surface area contributed by atoms with E-state index in [0.29, 0.717) is 5.41 Å². The molecule has 114 valence electrons. The molecule has 4 bridgehead atoms. The largest absolute Gasteiger partial charge is 0.0620 e. The predicted molar refractivity (Wildman–Crippen MR) is 85.2 cm³/mol. The molecule has 0 heteroatoms. The minimum absolute atomic E-state index is 0.523. The van der Waals surface area contributed by atoms with Gasteiger partial charge in [0.25, 0.3) is 0 Å². The number of hydrogen-bond donors (Lipinski definition) is 0. The third-order valence-corrected chi connectivity index (χ3v) is 8.44. The van der Waals surface area contributed by atoms with Crippen molar-refractivity contribution in [3.63, 3.8) is 0 Å². The third kappa shape index (κ3) is 1.60.